The first-order chi connectivity index (χ1) is 9.63. The van der Waals surface area contributed by atoms with Gasteiger partial charge in [-0.1, -0.05) is 12.2 Å². The predicted octanol–water partition coefficient (Wildman–Crippen LogP) is 2.78. The topological polar surface area (TPSA) is 66.4 Å². The summed E-state index contributed by atoms with van der Waals surface area (Å²) < 4.78 is 0. The number of carboxylic acids is 1. The third kappa shape index (κ3) is 3.28. The van der Waals surface area contributed by atoms with Gasteiger partial charge in [0.1, 0.15) is 6.04 Å². The molecule has 0 fully saturated rings. The normalized spacial score (nSPS) is 15.8. The number of amides is 1. The molecule has 0 saturated carbocycles. The van der Waals surface area contributed by atoms with E-state index in [2.05, 4.69) is 5.32 Å². The van der Waals surface area contributed by atoms with Gasteiger partial charge in [0.2, 0.25) is 0 Å². The number of hydrogen-bond acceptors (Lipinski definition) is 3. The number of aryl methyl sites for hydroxylation is 1. The monoisotopic (exact) mass is 293 g/mol. The lowest BCUT2D eigenvalue weighted by Gasteiger charge is -2.15. The molecule has 5 heteroatoms. The fraction of sp³-hybridized carbons (Fsp3) is 0.467. The Morgan fingerprint density at radius 3 is 2.90 bits per heavy atom. The first-order valence-corrected chi connectivity index (χ1v) is 7.75. The molecule has 0 bridgehead atoms. The molecule has 1 aromatic rings. The maximum absolute atomic E-state index is 12.3. The lowest BCUT2D eigenvalue weighted by atomic mass is 9.95. The van der Waals surface area contributed by atoms with Gasteiger partial charge in [-0.25, -0.2) is 4.79 Å². The van der Waals surface area contributed by atoms with E-state index in [4.69, 9.17) is 5.11 Å². The molecule has 1 unspecified atom stereocenters. The van der Waals surface area contributed by atoms with Crippen LogP contribution in [0.2, 0.25) is 0 Å². The van der Waals surface area contributed by atoms with Crippen molar-refractivity contribution in [3.05, 3.63) is 33.5 Å². The number of aliphatic carboxylic acids is 1. The first kappa shape index (κ1) is 14.8. The largest absolute Gasteiger partial charge is 0.480 e. The lowest BCUT2D eigenvalue weighted by molar-refractivity contribution is -0.139. The molecule has 0 aliphatic heterocycles. The Hall–Kier alpha value is -1.62. The van der Waals surface area contributed by atoms with E-state index in [-0.39, 0.29) is 5.91 Å². The van der Waals surface area contributed by atoms with Gasteiger partial charge in [0.05, 0.1) is 5.56 Å². The number of carbonyl (C=O) groups is 2. The maximum Gasteiger partial charge on any atom is 0.326 e. The summed E-state index contributed by atoms with van der Waals surface area (Å²) in [5.74, 6) is -1.26. The molecule has 0 saturated heterocycles. The number of thiophene rings is 1. The molecule has 2 N–H and O–H groups in total. The third-order valence-electron chi connectivity index (χ3n) is 3.52. The average Bonchev–Trinajstić information content (AvgIpc) is 2.87. The van der Waals surface area contributed by atoms with E-state index in [9.17, 15) is 9.59 Å². The van der Waals surface area contributed by atoms with Crippen molar-refractivity contribution in [2.75, 3.05) is 0 Å². The SMILES string of the molecule is C/C=C/CC(NC(=O)c1csc2c1CCCC2)C(=O)O. The van der Waals surface area contributed by atoms with Crippen LogP contribution in [-0.2, 0) is 17.6 Å². The minimum atomic E-state index is -0.999. The number of nitrogens with one attached hydrogen (secondary N) is 1. The molecule has 1 heterocycles. The van der Waals surface area contributed by atoms with Crippen LogP contribution in [0.3, 0.4) is 0 Å². The Balaban J connectivity index is 2.10. The highest BCUT2D eigenvalue weighted by Gasteiger charge is 2.24. The van der Waals surface area contributed by atoms with E-state index >= 15 is 0 Å². The molecule has 1 aliphatic rings. The van der Waals surface area contributed by atoms with Gasteiger partial charge in [-0.05, 0) is 44.6 Å². The van der Waals surface area contributed by atoms with E-state index < -0.39 is 12.0 Å². The van der Waals surface area contributed by atoms with Crippen molar-refractivity contribution >= 4 is 23.2 Å². The molecule has 108 valence electrons. The van der Waals surface area contributed by atoms with Crippen LogP contribution >= 0.6 is 11.3 Å². The standard InChI is InChI=1S/C15H19NO3S/c1-2-3-7-12(15(18)19)16-14(17)11-9-20-13-8-5-4-6-10(11)13/h2-3,9,12H,4-8H2,1H3,(H,16,17)(H,18,19)/b3-2+. The van der Waals surface area contributed by atoms with E-state index in [1.165, 1.54) is 11.3 Å². The summed E-state index contributed by atoms with van der Waals surface area (Å²) >= 11 is 1.61. The third-order valence-corrected chi connectivity index (χ3v) is 4.61. The average molecular weight is 293 g/mol. The molecular formula is C15H19NO3S. The van der Waals surface area contributed by atoms with Crippen LogP contribution in [0.1, 0.15) is 47.0 Å². The van der Waals surface area contributed by atoms with Crippen molar-refractivity contribution < 1.29 is 14.7 Å². The Bertz CT molecular complexity index is 533. The molecule has 0 radical (unpaired) electrons. The summed E-state index contributed by atoms with van der Waals surface area (Å²) in [5.41, 5.74) is 1.78. The van der Waals surface area contributed by atoms with Crippen LogP contribution in [0.15, 0.2) is 17.5 Å². The van der Waals surface area contributed by atoms with Gasteiger partial charge in [-0.3, -0.25) is 4.79 Å². The van der Waals surface area contributed by atoms with Gasteiger partial charge in [0.25, 0.3) is 5.91 Å². The smallest absolute Gasteiger partial charge is 0.326 e. The molecule has 20 heavy (non-hydrogen) atoms. The quantitative estimate of drug-likeness (QED) is 0.820. The summed E-state index contributed by atoms with van der Waals surface area (Å²) in [6.45, 7) is 1.83. The molecule has 0 aromatic carbocycles. The maximum atomic E-state index is 12.3. The van der Waals surface area contributed by atoms with Crippen LogP contribution in [0.25, 0.3) is 0 Å². The summed E-state index contributed by atoms with van der Waals surface area (Å²) in [4.78, 5) is 24.7. The Morgan fingerprint density at radius 1 is 1.45 bits per heavy atom. The molecule has 0 spiro atoms. The molecule has 1 aliphatic carbocycles. The first-order valence-electron chi connectivity index (χ1n) is 6.87. The minimum absolute atomic E-state index is 0.263. The number of rotatable bonds is 5. The van der Waals surface area contributed by atoms with Crippen molar-refractivity contribution in [2.24, 2.45) is 0 Å². The van der Waals surface area contributed by atoms with Gasteiger partial charge in [-0.2, -0.15) is 0 Å². The van der Waals surface area contributed by atoms with Gasteiger partial charge >= 0.3 is 5.97 Å². The fourth-order valence-corrected chi connectivity index (χ4v) is 3.54. The highest BCUT2D eigenvalue weighted by atomic mass is 32.1. The van der Waals surface area contributed by atoms with Crippen molar-refractivity contribution in [2.45, 2.75) is 45.1 Å². The van der Waals surface area contributed by atoms with E-state index in [1.54, 1.807) is 23.5 Å². The van der Waals surface area contributed by atoms with E-state index in [0.717, 1.165) is 24.8 Å². The van der Waals surface area contributed by atoms with Crippen molar-refractivity contribution in [3.63, 3.8) is 0 Å². The van der Waals surface area contributed by atoms with Crippen LogP contribution in [0.5, 0.6) is 0 Å². The van der Waals surface area contributed by atoms with Crippen LogP contribution < -0.4 is 5.32 Å². The zero-order valence-electron chi connectivity index (χ0n) is 11.5. The summed E-state index contributed by atoms with van der Waals surface area (Å²) in [6, 6.07) is -0.863. The predicted molar refractivity (Wildman–Crippen MR) is 79.3 cm³/mol. The molecular weight excluding hydrogens is 274 g/mol. The Labute approximate surface area is 122 Å². The summed E-state index contributed by atoms with van der Waals surface area (Å²) in [7, 11) is 0. The highest BCUT2D eigenvalue weighted by molar-refractivity contribution is 7.10. The number of carbonyl (C=O) groups excluding carboxylic acids is 1. The number of fused-ring (bicyclic) bond motifs is 1. The number of hydrogen-bond donors (Lipinski definition) is 2. The highest BCUT2D eigenvalue weighted by Crippen LogP contribution is 2.30. The molecule has 4 nitrogen and oxygen atoms in total. The number of carboxylic acid groups (broad SMARTS) is 1. The fourth-order valence-electron chi connectivity index (χ4n) is 2.41. The van der Waals surface area contributed by atoms with Crippen LogP contribution in [-0.4, -0.2) is 23.0 Å². The molecule has 1 aromatic heterocycles. The minimum Gasteiger partial charge on any atom is -0.480 e. The lowest BCUT2D eigenvalue weighted by Crippen LogP contribution is -2.40. The van der Waals surface area contributed by atoms with Crippen LogP contribution in [0, 0.1) is 0 Å². The Morgan fingerprint density at radius 2 is 2.20 bits per heavy atom. The van der Waals surface area contributed by atoms with Gasteiger partial charge in [0.15, 0.2) is 0 Å². The van der Waals surface area contributed by atoms with E-state index in [0.29, 0.717) is 12.0 Å². The van der Waals surface area contributed by atoms with Gasteiger partial charge in [-0.15, -0.1) is 11.3 Å². The van der Waals surface area contributed by atoms with Crippen molar-refractivity contribution in [1.29, 1.82) is 0 Å². The summed E-state index contributed by atoms with van der Waals surface area (Å²) in [6.07, 6.45) is 8.08. The van der Waals surface area contributed by atoms with Gasteiger partial charge < -0.3 is 10.4 Å². The molecule has 2 rings (SSSR count). The number of allylic oxidation sites excluding steroid dienone is 1. The zero-order chi connectivity index (χ0) is 14.5. The van der Waals surface area contributed by atoms with E-state index in [1.807, 2.05) is 12.3 Å². The van der Waals surface area contributed by atoms with Crippen molar-refractivity contribution in [1.82, 2.24) is 5.32 Å². The van der Waals surface area contributed by atoms with Crippen LogP contribution in [0.4, 0.5) is 0 Å². The summed E-state index contributed by atoms with van der Waals surface area (Å²) in [5, 5.41) is 13.6. The molecule has 1 amide bonds. The second-order valence-corrected chi connectivity index (χ2v) is 5.89. The Kier molecular flexibility index (Phi) is 4.95. The molecule has 1 atom stereocenters. The second-order valence-electron chi connectivity index (χ2n) is 4.93. The van der Waals surface area contributed by atoms with Crippen molar-refractivity contribution in [3.8, 4) is 0 Å². The van der Waals surface area contributed by atoms with Gasteiger partial charge in [0, 0.05) is 10.3 Å². The second kappa shape index (κ2) is 6.70. The zero-order valence-corrected chi connectivity index (χ0v) is 12.3.